The molecular weight excluding hydrogens is 239 g/mol. The predicted octanol–water partition coefficient (Wildman–Crippen LogP) is 2.52. The number of rotatable bonds is 6. The molecule has 5 heteroatoms. The Balaban J connectivity index is 3.08. The van der Waals surface area contributed by atoms with E-state index in [-0.39, 0.29) is 16.7 Å². The van der Waals surface area contributed by atoms with Crippen molar-refractivity contribution >= 4 is 18.7 Å². The van der Waals surface area contributed by atoms with Crippen molar-refractivity contribution in [1.29, 1.82) is 0 Å². The number of carbonyl (C=O) groups is 1. The molecule has 0 amide bonds. The van der Waals surface area contributed by atoms with Crippen LogP contribution in [0.2, 0.25) is 0 Å². The van der Waals surface area contributed by atoms with Crippen molar-refractivity contribution in [3.8, 4) is 0 Å². The van der Waals surface area contributed by atoms with E-state index >= 15 is 0 Å². The zero-order chi connectivity index (χ0) is 12.9. The lowest BCUT2D eigenvalue weighted by Gasteiger charge is -2.12. The summed E-state index contributed by atoms with van der Waals surface area (Å²) in [5, 5.41) is 0.0867. The van der Waals surface area contributed by atoms with Gasteiger partial charge >= 0.3 is 7.60 Å². The van der Waals surface area contributed by atoms with Crippen molar-refractivity contribution in [3.63, 3.8) is 0 Å². The Bertz CT molecular complexity index is 442. The number of unbranched alkanes of at least 4 members (excludes halogenated alkanes) is 1. The van der Waals surface area contributed by atoms with Gasteiger partial charge in [-0.3, -0.25) is 9.36 Å². The summed E-state index contributed by atoms with van der Waals surface area (Å²) in [5.41, 5.74) is 0.286. The minimum Gasteiger partial charge on any atom is -0.321 e. The van der Waals surface area contributed by atoms with Gasteiger partial charge in [-0.25, -0.2) is 0 Å². The molecule has 0 bridgehead atoms. The van der Waals surface area contributed by atoms with E-state index in [0.29, 0.717) is 6.42 Å². The first-order valence-electron chi connectivity index (χ1n) is 5.54. The molecule has 0 spiro atoms. The zero-order valence-electron chi connectivity index (χ0n) is 10.0. The Kier molecular flexibility index (Phi) is 5.06. The maximum Gasteiger partial charge on any atom is 0.359 e. The molecule has 0 radical (unpaired) electrons. The van der Waals surface area contributed by atoms with Gasteiger partial charge in [0.05, 0.1) is 5.30 Å². The van der Waals surface area contributed by atoms with Crippen LogP contribution >= 0.6 is 7.60 Å². The van der Waals surface area contributed by atoms with E-state index in [0.717, 1.165) is 20.0 Å². The predicted molar refractivity (Wildman–Crippen MR) is 66.8 cm³/mol. The number of hydrogen-bond donors (Lipinski definition) is 1. The van der Waals surface area contributed by atoms with Gasteiger partial charge in [0, 0.05) is 19.1 Å². The lowest BCUT2D eigenvalue weighted by atomic mass is 10.1. The van der Waals surface area contributed by atoms with Crippen molar-refractivity contribution in [2.75, 3.05) is 7.11 Å². The highest BCUT2D eigenvalue weighted by Crippen LogP contribution is 2.40. The van der Waals surface area contributed by atoms with Gasteiger partial charge in [-0.2, -0.15) is 0 Å². The third-order valence-electron chi connectivity index (χ3n) is 2.51. The molecule has 1 unspecified atom stereocenters. The number of hydrogen-bond acceptors (Lipinski definition) is 3. The van der Waals surface area contributed by atoms with Crippen LogP contribution in [0.4, 0.5) is 0 Å². The van der Waals surface area contributed by atoms with Crippen LogP contribution in [0.5, 0.6) is 0 Å². The number of benzene rings is 1. The van der Waals surface area contributed by atoms with E-state index in [4.69, 9.17) is 0 Å². The number of ketones is 1. The number of Topliss-reactive ketones (excluding diaryl/α,β-unsaturated/α-hetero) is 1. The largest absolute Gasteiger partial charge is 0.359 e. The van der Waals surface area contributed by atoms with E-state index in [1.165, 1.54) is 6.07 Å². The first-order valence-corrected chi connectivity index (χ1v) is 7.12. The molecule has 1 aromatic carbocycles. The second kappa shape index (κ2) is 6.10. The van der Waals surface area contributed by atoms with Crippen LogP contribution in [0.25, 0.3) is 0 Å². The van der Waals surface area contributed by atoms with Crippen LogP contribution in [-0.2, 0) is 9.09 Å². The summed E-state index contributed by atoms with van der Waals surface area (Å²) < 4.78 is 16.3. The van der Waals surface area contributed by atoms with Gasteiger partial charge in [-0.05, 0) is 12.5 Å². The highest BCUT2D eigenvalue weighted by molar-refractivity contribution is 7.61. The first kappa shape index (κ1) is 14.1. The monoisotopic (exact) mass is 256 g/mol. The van der Waals surface area contributed by atoms with Gasteiger partial charge in [0.15, 0.2) is 5.78 Å². The van der Waals surface area contributed by atoms with Crippen molar-refractivity contribution in [2.24, 2.45) is 0 Å². The normalized spacial score (nSPS) is 14.3. The van der Waals surface area contributed by atoms with Crippen LogP contribution in [0, 0.1) is 0 Å². The summed E-state index contributed by atoms with van der Waals surface area (Å²) in [6, 6.07) is 6.32. The van der Waals surface area contributed by atoms with E-state index in [1.54, 1.807) is 18.2 Å². The summed E-state index contributed by atoms with van der Waals surface area (Å²) >= 11 is 0. The SMILES string of the molecule is CCCCC(=O)c1ccccc1P(=O)(O)OC. The molecule has 1 rings (SSSR count). The van der Waals surface area contributed by atoms with Gasteiger partial charge in [0.1, 0.15) is 0 Å². The van der Waals surface area contributed by atoms with Crippen molar-refractivity contribution in [3.05, 3.63) is 29.8 Å². The van der Waals surface area contributed by atoms with Crippen LogP contribution in [-0.4, -0.2) is 17.8 Å². The third-order valence-corrected chi connectivity index (χ3v) is 4.01. The molecule has 94 valence electrons. The van der Waals surface area contributed by atoms with E-state index in [2.05, 4.69) is 4.52 Å². The molecule has 0 aliphatic rings. The van der Waals surface area contributed by atoms with Crippen LogP contribution in [0.1, 0.15) is 36.5 Å². The van der Waals surface area contributed by atoms with Crippen LogP contribution < -0.4 is 5.30 Å². The highest BCUT2D eigenvalue weighted by atomic mass is 31.2. The molecule has 1 N–H and O–H groups in total. The second-order valence-electron chi connectivity index (χ2n) is 3.75. The quantitative estimate of drug-likeness (QED) is 0.627. The maximum atomic E-state index is 11.9. The summed E-state index contributed by atoms with van der Waals surface area (Å²) in [5.74, 6) is -0.117. The topological polar surface area (TPSA) is 63.6 Å². The van der Waals surface area contributed by atoms with E-state index in [1.807, 2.05) is 6.92 Å². The van der Waals surface area contributed by atoms with Crippen molar-refractivity contribution < 1.29 is 18.8 Å². The summed E-state index contributed by atoms with van der Waals surface area (Å²) in [6.45, 7) is 1.99. The molecule has 0 heterocycles. The molecule has 0 aromatic heterocycles. The van der Waals surface area contributed by atoms with E-state index in [9.17, 15) is 14.3 Å². The summed E-state index contributed by atoms with van der Waals surface area (Å²) in [7, 11) is -2.71. The molecule has 0 aliphatic carbocycles. The Labute approximate surface area is 101 Å². The molecule has 1 aromatic rings. The Morgan fingerprint density at radius 1 is 1.41 bits per heavy atom. The standard InChI is InChI=1S/C12H17O4P/c1-3-4-8-11(13)10-7-5-6-9-12(10)17(14,15)16-2/h5-7,9H,3-4,8H2,1-2H3,(H,14,15). The fourth-order valence-corrected chi connectivity index (χ4v) is 2.50. The zero-order valence-corrected chi connectivity index (χ0v) is 10.9. The smallest absolute Gasteiger partial charge is 0.321 e. The minimum absolute atomic E-state index is 0.0867. The lowest BCUT2D eigenvalue weighted by molar-refractivity contribution is 0.0980. The molecule has 4 nitrogen and oxygen atoms in total. The Hall–Kier alpha value is -0.960. The first-order chi connectivity index (χ1) is 8.03. The van der Waals surface area contributed by atoms with Gasteiger partial charge in [-0.15, -0.1) is 0 Å². The molecule has 0 saturated carbocycles. The average Bonchev–Trinajstić information content (AvgIpc) is 2.36. The molecule has 0 saturated heterocycles. The maximum absolute atomic E-state index is 11.9. The van der Waals surface area contributed by atoms with Gasteiger partial charge < -0.3 is 9.42 Å². The van der Waals surface area contributed by atoms with Crippen LogP contribution in [0.15, 0.2) is 24.3 Å². The fourth-order valence-electron chi connectivity index (χ4n) is 1.53. The highest BCUT2D eigenvalue weighted by Gasteiger charge is 2.26. The molecule has 1 atom stereocenters. The third kappa shape index (κ3) is 3.50. The fraction of sp³-hybridized carbons (Fsp3) is 0.417. The number of carbonyl (C=O) groups excluding carboxylic acids is 1. The van der Waals surface area contributed by atoms with E-state index < -0.39 is 7.60 Å². The molecule has 17 heavy (non-hydrogen) atoms. The van der Waals surface area contributed by atoms with Gasteiger partial charge in [0.25, 0.3) is 0 Å². The second-order valence-corrected chi connectivity index (χ2v) is 5.63. The minimum atomic E-state index is -3.87. The summed E-state index contributed by atoms with van der Waals surface area (Å²) in [6.07, 6.45) is 2.07. The van der Waals surface area contributed by atoms with Crippen molar-refractivity contribution in [1.82, 2.24) is 0 Å². The van der Waals surface area contributed by atoms with Crippen molar-refractivity contribution in [2.45, 2.75) is 26.2 Å². The lowest BCUT2D eigenvalue weighted by Crippen LogP contribution is -2.16. The van der Waals surface area contributed by atoms with Gasteiger partial charge in [0.2, 0.25) is 0 Å². The molecule has 0 aliphatic heterocycles. The van der Waals surface area contributed by atoms with Gasteiger partial charge in [-0.1, -0.05) is 31.5 Å². The molecular formula is C12H17O4P. The van der Waals surface area contributed by atoms with Crippen LogP contribution in [0.3, 0.4) is 0 Å². The Morgan fingerprint density at radius 3 is 2.65 bits per heavy atom. The average molecular weight is 256 g/mol. The summed E-state index contributed by atoms with van der Waals surface area (Å²) in [4.78, 5) is 21.5. The Morgan fingerprint density at radius 2 is 2.06 bits per heavy atom. The molecule has 0 fully saturated rings.